The van der Waals surface area contributed by atoms with Crippen molar-refractivity contribution in [2.75, 3.05) is 35.0 Å². The summed E-state index contributed by atoms with van der Waals surface area (Å²) in [5.74, 6) is 2.60. The summed E-state index contributed by atoms with van der Waals surface area (Å²) in [6.07, 6.45) is 2.93. The van der Waals surface area contributed by atoms with E-state index in [9.17, 15) is 4.79 Å². The topological polar surface area (TPSA) is 66.0 Å². The van der Waals surface area contributed by atoms with Gasteiger partial charge in [-0.2, -0.15) is 0 Å². The molecule has 0 saturated heterocycles. The summed E-state index contributed by atoms with van der Waals surface area (Å²) in [6.45, 7) is 0.882. The lowest BCUT2D eigenvalue weighted by Gasteiger charge is -2.28. The molecule has 0 aliphatic carbocycles. The fraction of sp³-hybridized carbons (Fsp3) is 0.345. The van der Waals surface area contributed by atoms with Crippen molar-refractivity contribution in [1.29, 1.82) is 0 Å². The van der Waals surface area contributed by atoms with E-state index < -0.39 is 0 Å². The highest BCUT2D eigenvalue weighted by atomic mass is 16.5. The summed E-state index contributed by atoms with van der Waals surface area (Å²) in [4.78, 5) is 13.2. The molecule has 6 nitrogen and oxygen atoms in total. The minimum absolute atomic E-state index is 0.0600. The van der Waals surface area contributed by atoms with Crippen LogP contribution in [0.5, 0.6) is 23.0 Å². The number of rotatable bonds is 10. The van der Waals surface area contributed by atoms with Crippen LogP contribution in [0, 0.1) is 0 Å². The minimum atomic E-state index is 0.0600. The first kappa shape index (κ1) is 24.6. The normalized spacial score (nSPS) is 14.7. The zero-order chi connectivity index (χ0) is 24.8. The summed E-state index contributed by atoms with van der Waals surface area (Å²) < 4.78 is 22.1. The minimum Gasteiger partial charge on any atom is -0.496 e. The quantitative estimate of drug-likeness (QED) is 0.418. The second-order valence-electron chi connectivity index (χ2n) is 8.67. The molecule has 4 rings (SSSR count). The van der Waals surface area contributed by atoms with Gasteiger partial charge in [0.25, 0.3) is 0 Å². The number of carbonyl (C=O) groups is 1. The van der Waals surface area contributed by atoms with Gasteiger partial charge in [0, 0.05) is 12.5 Å². The van der Waals surface area contributed by atoms with E-state index in [1.54, 1.807) is 28.4 Å². The van der Waals surface area contributed by atoms with Gasteiger partial charge in [-0.3, -0.25) is 4.79 Å². The van der Waals surface area contributed by atoms with Crippen molar-refractivity contribution >= 4 is 5.78 Å². The number of fused-ring (bicyclic) bond motifs is 1. The molecule has 35 heavy (non-hydrogen) atoms. The second-order valence-corrected chi connectivity index (χ2v) is 8.67. The van der Waals surface area contributed by atoms with Crippen molar-refractivity contribution < 1.29 is 23.7 Å². The lowest BCUT2D eigenvalue weighted by Crippen LogP contribution is -2.30. The number of methoxy groups -OCH3 is 4. The molecule has 0 unspecified atom stereocenters. The van der Waals surface area contributed by atoms with Crippen LogP contribution in [-0.4, -0.2) is 40.8 Å². The van der Waals surface area contributed by atoms with Crippen molar-refractivity contribution in [3.8, 4) is 23.0 Å². The molecule has 184 valence electrons. The molecule has 1 atom stereocenters. The predicted octanol–water partition coefficient (Wildman–Crippen LogP) is 4.97. The van der Waals surface area contributed by atoms with Crippen LogP contribution in [0.15, 0.2) is 54.6 Å². The molecule has 0 fully saturated rings. The van der Waals surface area contributed by atoms with Crippen LogP contribution >= 0.6 is 0 Å². The lowest BCUT2D eigenvalue weighted by molar-refractivity contribution is 0.0990. The van der Waals surface area contributed by atoms with E-state index in [-0.39, 0.29) is 11.8 Å². The third-order valence-electron chi connectivity index (χ3n) is 6.58. The Morgan fingerprint density at radius 2 is 1.54 bits per heavy atom. The van der Waals surface area contributed by atoms with Gasteiger partial charge < -0.3 is 24.3 Å². The summed E-state index contributed by atoms with van der Waals surface area (Å²) in [5, 5.41) is 3.64. The number of aryl methyl sites for hydroxylation is 1. The fourth-order valence-electron chi connectivity index (χ4n) is 4.78. The number of benzene rings is 3. The number of hydrogen-bond acceptors (Lipinski definition) is 6. The summed E-state index contributed by atoms with van der Waals surface area (Å²) >= 11 is 0. The predicted molar refractivity (Wildman–Crippen MR) is 136 cm³/mol. The number of ether oxygens (including phenoxy) is 4. The SMILES string of the molecule is COc1cc2c(cc1C(=O)Cc1ccccc1)[C@@H](CCc1cc(OC)c(OC)c(OC)c1)NCC2. The van der Waals surface area contributed by atoms with E-state index in [1.807, 2.05) is 54.6 Å². The second kappa shape index (κ2) is 11.3. The monoisotopic (exact) mass is 475 g/mol. The van der Waals surface area contributed by atoms with Crippen molar-refractivity contribution in [1.82, 2.24) is 5.32 Å². The fourth-order valence-corrected chi connectivity index (χ4v) is 4.78. The average molecular weight is 476 g/mol. The Morgan fingerprint density at radius 3 is 2.17 bits per heavy atom. The Kier molecular flexibility index (Phi) is 7.93. The molecule has 1 heterocycles. The molecule has 0 aromatic heterocycles. The lowest BCUT2D eigenvalue weighted by atomic mass is 9.87. The molecular weight excluding hydrogens is 442 g/mol. The van der Waals surface area contributed by atoms with Gasteiger partial charge >= 0.3 is 0 Å². The van der Waals surface area contributed by atoms with Gasteiger partial charge in [0.05, 0.1) is 34.0 Å². The summed E-state index contributed by atoms with van der Waals surface area (Å²) in [5.41, 5.74) is 5.13. The number of carbonyl (C=O) groups excluding carboxylic acids is 1. The van der Waals surface area contributed by atoms with Gasteiger partial charge in [-0.1, -0.05) is 30.3 Å². The van der Waals surface area contributed by atoms with E-state index in [0.29, 0.717) is 35.0 Å². The summed E-state index contributed by atoms with van der Waals surface area (Å²) in [6, 6.07) is 18.0. The Bertz CT molecular complexity index is 1150. The molecule has 1 aliphatic heterocycles. The van der Waals surface area contributed by atoms with E-state index in [4.69, 9.17) is 18.9 Å². The standard InChI is InChI=1S/C29H33NO5/c1-32-26-17-21-12-13-30-24(11-10-20-15-27(33-2)29(35-4)28(16-20)34-3)22(21)18-23(26)25(31)14-19-8-6-5-7-9-19/h5-9,15-18,24,30H,10-14H2,1-4H3/t24-/m1/s1. The van der Waals surface area contributed by atoms with Crippen LogP contribution in [0.1, 0.15) is 45.1 Å². The van der Waals surface area contributed by atoms with Gasteiger partial charge in [-0.25, -0.2) is 0 Å². The van der Waals surface area contributed by atoms with Crippen molar-refractivity contribution in [2.45, 2.75) is 31.7 Å². The summed E-state index contributed by atoms with van der Waals surface area (Å²) in [7, 11) is 6.49. The Morgan fingerprint density at radius 1 is 0.857 bits per heavy atom. The van der Waals surface area contributed by atoms with E-state index in [2.05, 4.69) is 5.32 Å². The molecule has 0 saturated carbocycles. The third kappa shape index (κ3) is 5.43. The number of nitrogens with one attached hydrogen (secondary N) is 1. The number of hydrogen-bond donors (Lipinski definition) is 1. The molecule has 1 aliphatic rings. The Labute approximate surface area is 207 Å². The molecule has 0 spiro atoms. The third-order valence-corrected chi connectivity index (χ3v) is 6.58. The van der Waals surface area contributed by atoms with E-state index in [1.165, 1.54) is 11.1 Å². The highest BCUT2D eigenvalue weighted by Crippen LogP contribution is 2.39. The van der Waals surface area contributed by atoms with Crippen LogP contribution in [0.4, 0.5) is 0 Å². The highest BCUT2D eigenvalue weighted by Gasteiger charge is 2.25. The number of Topliss-reactive ketones (excluding diaryl/α,β-unsaturated/α-hetero) is 1. The maximum Gasteiger partial charge on any atom is 0.203 e. The van der Waals surface area contributed by atoms with Gasteiger partial charge in [0.1, 0.15) is 5.75 Å². The molecule has 0 amide bonds. The average Bonchev–Trinajstić information content (AvgIpc) is 2.90. The molecular formula is C29H33NO5. The van der Waals surface area contributed by atoms with Crippen LogP contribution in [0.3, 0.4) is 0 Å². The van der Waals surface area contributed by atoms with Crippen molar-refractivity contribution in [2.24, 2.45) is 0 Å². The molecule has 3 aromatic carbocycles. The zero-order valence-electron chi connectivity index (χ0n) is 20.9. The van der Waals surface area contributed by atoms with Gasteiger partial charge in [-0.05, 0) is 72.3 Å². The molecule has 3 aromatic rings. The first-order valence-corrected chi connectivity index (χ1v) is 11.9. The highest BCUT2D eigenvalue weighted by molar-refractivity contribution is 6.00. The van der Waals surface area contributed by atoms with Crippen molar-refractivity contribution in [3.05, 3.63) is 82.4 Å². The smallest absolute Gasteiger partial charge is 0.203 e. The molecule has 0 bridgehead atoms. The van der Waals surface area contributed by atoms with Crippen LogP contribution in [0.2, 0.25) is 0 Å². The van der Waals surface area contributed by atoms with E-state index in [0.717, 1.165) is 36.9 Å². The first-order valence-electron chi connectivity index (χ1n) is 11.9. The Balaban J connectivity index is 1.58. The molecule has 1 N–H and O–H groups in total. The van der Waals surface area contributed by atoms with Crippen molar-refractivity contribution in [3.63, 3.8) is 0 Å². The zero-order valence-corrected chi connectivity index (χ0v) is 20.9. The van der Waals surface area contributed by atoms with Gasteiger partial charge in [0.2, 0.25) is 5.75 Å². The molecule has 0 radical (unpaired) electrons. The van der Waals surface area contributed by atoms with Crippen LogP contribution in [0.25, 0.3) is 0 Å². The maximum atomic E-state index is 13.2. The van der Waals surface area contributed by atoms with Crippen LogP contribution in [-0.2, 0) is 19.3 Å². The Hall–Kier alpha value is -3.51. The largest absolute Gasteiger partial charge is 0.496 e. The molecule has 6 heteroatoms. The maximum absolute atomic E-state index is 13.2. The van der Waals surface area contributed by atoms with Gasteiger partial charge in [0.15, 0.2) is 17.3 Å². The van der Waals surface area contributed by atoms with Gasteiger partial charge in [-0.15, -0.1) is 0 Å². The first-order chi connectivity index (χ1) is 17.1. The van der Waals surface area contributed by atoms with E-state index >= 15 is 0 Å². The van der Waals surface area contributed by atoms with Crippen LogP contribution < -0.4 is 24.3 Å². The number of ketones is 1.